The van der Waals surface area contributed by atoms with Gasteiger partial charge in [-0.25, -0.2) is 0 Å². The molecule has 3 nitrogen and oxygen atoms in total. The van der Waals surface area contributed by atoms with Gasteiger partial charge in [0, 0.05) is 17.1 Å². The molecule has 0 aromatic heterocycles. The fraction of sp³-hybridized carbons (Fsp3) is 0.500. The van der Waals surface area contributed by atoms with Crippen LogP contribution >= 0.6 is 15.9 Å². The number of methoxy groups -OCH3 is 2. The fourth-order valence-corrected chi connectivity index (χ4v) is 1.81. The molecule has 0 radical (unpaired) electrons. The summed E-state index contributed by atoms with van der Waals surface area (Å²) in [5, 5.41) is 3.37. The van der Waals surface area contributed by atoms with E-state index in [9.17, 15) is 0 Å². The van der Waals surface area contributed by atoms with E-state index >= 15 is 0 Å². The number of rotatable bonds is 5. The lowest BCUT2D eigenvalue weighted by Gasteiger charge is -2.13. The molecule has 0 unspecified atom stereocenters. The highest BCUT2D eigenvalue weighted by atomic mass is 79.9. The molecule has 0 bridgehead atoms. The Bertz CT molecular complexity index is 353. The molecule has 1 N–H and O–H groups in total. The molecule has 0 aliphatic rings. The highest BCUT2D eigenvalue weighted by molar-refractivity contribution is 9.10. The first-order valence-electron chi connectivity index (χ1n) is 5.22. The van der Waals surface area contributed by atoms with Gasteiger partial charge in [-0.1, -0.05) is 29.8 Å². The third-order valence-electron chi connectivity index (χ3n) is 2.25. The largest absolute Gasteiger partial charge is 0.493 e. The molecule has 4 heteroatoms. The molecule has 0 atom stereocenters. The van der Waals surface area contributed by atoms with Gasteiger partial charge in [-0.05, 0) is 17.7 Å². The van der Waals surface area contributed by atoms with Gasteiger partial charge in [-0.2, -0.15) is 0 Å². The van der Waals surface area contributed by atoms with Crippen molar-refractivity contribution in [2.45, 2.75) is 26.4 Å². The lowest BCUT2D eigenvalue weighted by atomic mass is 10.2. The van der Waals surface area contributed by atoms with Crippen LogP contribution in [0.2, 0.25) is 0 Å². The molecule has 1 aromatic carbocycles. The monoisotopic (exact) mass is 287 g/mol. The second-order valence-corrected chi connectivity index (χ2v) is 4.69. The van der Waals surface area contributed by atoms with Gasteiger partial charge in [0.05, 0.1) is 14.2 Å². The normalized spacial score (nSPS) is 10.6. The van der Waals surface area contributed by atoms with E-state index in [2.05, 4.69) is 35.1 Å². The van der Waals surface area contributed by atoms with Crippen molar-refractivity contribution in [2.75, 3.05) is 14.2 Å². The van der Waals surface area contributed by atoms with Gasteiger partial charge in [-0.15, -0.1) is 0 Å². The Morgan fingerprint density at radius 3 is 2.25 bits per heavy atom. The predicted molar refractivity (Wildman–Crippen MR) is 69.2 cm³/mol. The number of benzene rings is 1. The first kappa shape index (κ1) is 13.3. The van der Waals surface area contributed by atoms with Crippen molar-refractivity contribution in [3.05, 3.63) is 22.2 Å². The summed E-state index contributed by atoms with van der Waals surface area (Å²) in [5.74, 6) is 1.49. The summed E-state index contributed by atoms with van der Waals surface area (Å²) in [6, 6.07) is 4.37. The Hall–Kier alpha value is -0.740. The number of hydrogen-bond donors (Lipinski definition) is 1. The molecule has 90 valence electrons. The van der Waals surface area contributed by atoms with E-state index in [-0.39, 0.29) is 0 Å². The zero-order valence-corrected chi connectivity index (χ0v) is 11.7. The molecular weight excluding hydrogens is 270 g/mol. The van der Waals surface area contributed by atoms with Crippen LogP contribution < -0.4 is 14.8 Å². The van der Waals surface area contributed by atoms with Crippen LogP contribution in [0.25, 0.3) is 0 Å². The summed E-state index contributed by atoms with van der Waals surface area (Å²) in [7, 11) is 3.28. The van der Waals surface area contributed by atoms with Crippen LogP contribution in [0.3, 0.4) is 0 Å². The van der Waals surface area contributed by atoms with Crippen LogP contribution in [0.4, 0.5) is 0 Å². The van der Waals surface area contributed by atoms with Crippen molar-refractivity contribution in [3.63, 3.8) is 0 Å². The third-order valence-corrected chi connectivity index (χ3v) is 2.99. The molecule has 0 aliphatic heterocycles. The minimum Gasteiger partial charge on any atom is -0.493 e. The summed E-state index contributed by atoms with van der Waals surface area (Å²) in [6.07, 6.45) is 0. The van der Waals surface area contributed by atoms with Crippen LogP contribution in [-0.4, -0.2) is 20.3 Å². The van der Waals surface area contributed by atoms with Gasteiger partial charge >= 0.3 is 0 Å². The van der Waals surface area contributed by atoms with Gasteiger partial charge in [0.1, 0.15) is 0 Å². The van der Waals surface area contributed by atoms with Crippen molar-refractivity contribution in [1.29, 1.82) is 0 Å². The van der Waals surface area contributed by atoms with Crippen molar-refractivity contribution in [1.82, 2.24) is 5.32 Å². The molecule has 1 rings (SSSR count). The van der Waals surface area contributed by atoms with Crippen molar-refractivity contribution < 1.29 is 9.47 Å². The van der Waals surface area contributed by atoms with Crippen molar-refractivity contribution in [3.8, 4) is 11.5 Å². The van der Waals surface area contributed by atoms with Crippen molar-refractivity contribution in [2.24, 2.45) is 0 Å². The lowest BCUT2D eigenvalue weighted by Crippen LogP contribution is -2.22. The Kier molecular flexibility index (Phi) is 5.09. The van der Waals surface area contributed by atoms with Gasteiger partial charge in [-0.3, -0.25) is 0 Å². The van der Waals surface area contributed by atoms with E-state index in [0.29, 0.717) is 6.04 Å². The Morgan fingerprint density at radius 1 is 1.19 bits per heavy atom. The van der Waals surface area contributed by atoms with E-state index < -0.39 is 0 Å². The maximum absolute atomic E-state index is 5.27. The second-order valence-electron chi connectivity index (χ2n) is 3.83. The Balaban J connectivity index is 2.92. The van der Waals surface area contributed by atoms with E-state index in [0.717, 1.165) is 28.1 Å². The first-order valence-corrected chi connectivity index (χ1v) is 6.01. The topological polar surface area (TPSA) is 30.5 Å². The SMILES string of the molecule is COc1cc(Br)c(CNC(C)C)cc1OC. The summed E-state index contributed by atoms with van der Waals surface area (Å²) in [4.78, 5) is 0. The molecule has 0 fully saturated rings. The van der Waals surface area contributed by atoms with Crippen LogP contribution in [0, 0.1) is 0 Å². The number of ether oxygens (including phenoxy) is 2. The average molecular weight is 288 g/mol. The van der Waals surface area contributed by atoms with Gasteiger partial charge in [0.25, 0.3) is 0 Å². The van der Waals surface area contributed by atoms with Gasteiger partial charge in [0.2, 0.25) is 0 Å². The Morgan fingerprint density at radius 2 is 1.75 bits per heavy atom. The Labute approximate surface area is 105 Å². The highest BCUT2D eigenvalue weighted by Gasteiger charge is 2.09. The molecule has 0 saturated heterocycles. The summed E-state index contributed by atoms with van der Waals surface area (Å²) in [5.41, 5.74) is 1.16. The third kappa shape index (κ3) is 3.39. The first-order chi connectivity index (χ1) is 7.58. The van der Waals surface area contributed by atoms with Crippen LogP contribution in [-0.2, 0) is 6.54 Å². The summed E-state index contributed by atoms with van der Waals surface area (Å²) >= 11 is 3.53. The lowest BCUT2D eigenvalue weighted by molar-refractivity contribution is 0.354. The maximum atomic E-state index is 5.27. The zero-order chi connectivity index (χ0) is 12.1. The molecule has 1 aromatic rings. The van der Waals surface area contributed by atoms with Crippen molar-refractivity contribution >= 4 is 15.9 Å². The van der Waals surface area contributed by atoms with Gasteiger partial charge < -0.3 is 14.8 Å². The fourth-order valence-electron chi connectivity index (χ4n) is 1.35. The van der Waals surface area contributed by atoms with Crippen LogP contribution in [0.15, 0.2) is 16.6 Å². The molecular formula is C12H18BrNO2. The highest BCUT2D eigenvalue weighted by Crippen LogP contribution is 2.33. The van der Waals surface area contributed by atoms with Crippen LogP contribution in [0.1, 0.15) is 19.4 Å². The van der Waals surface area contributed by atoms with Gasteiger partial charge in [0.15, 0.2) is 11.5 Å². The quantitative estimate of drug-likeness (QED) is 0.903. The summed E-state index contributed by atoms with van der Waals surface area (Å²) in [6.45, 7) is 5.04. The molecule has 0 amide bonds. The number of halogens is 1. The second kappa shape index (κ2) is 6.11. The van der Waals surface area contributed by atoms with E-state index in [4.69, 9.17) is 9.47 Å². The molecule has 0 spiro atoms. The molecule has 16 heavy (non-hydrogen) atoms. The molecule has 0 aliphatic carbocycles. The minimum absolute atomic E-state index is 0.458. The standard InChI is InChI=1S/C12H18BrNO2/c1-8(2)14-7-9-5-11(15-3)12(16-4)6-10(9)13/h5-6,8,14H,7H2,1-4H3. The summed E-state index contributed by atoms with van der Waals surface area (Å²) < 4.78 is 11.5. The predicted octanol–water partition coefficient (Wildman–Crippen LogP) is 2.96. The van der Waals surface area contributed by atoms with E-state index in [1.54, 1.807) is 14.2 Å². The molecule has 0 saturated carbocycles. The number of hydrogen-bond acceptors (Lipinski definition) is 3. The maximum Gasteiger partial charge on any atom is 0.161 e. The van der Waals surface area contributed by atoms with Crippen LogP contribution in [0.5, 0.6) is 11.5 Å². The smallest absolute Gasteiger partial charge is 0.161 e. The minimum atomic E-state index is 0.458. The van der Waals surface area contributed by atoms with E-state index in [1.807, 2.05) is 12.1 Å². The molecule has 0 heterocycles. The van der Waals surface area contributed by atoms with E-state index in [1.165, 1.54) is 0 Å². The zero-order valence-electron chi connectivity index (χ0n) is 10.1. The number of nitrogens with one attached hydrogen (secondary N) is 1. The average Bonchev–Trinajstić information content (AvgIpc) is 2.26.